The van der Waals surface area contributed by atoms with E-state index >= 15 is 0 Å². The maximum absolute atomic E-state index is 11.8. The molecule has 0 unspecified atom stereocenters. The van der Waals surface area contributed by atoms with E-state index in [4.69, 9.17) is 9.47 Å². The van der Waals surface area contributed by atoms with E-state index in [1.807, 2.05) is 24.3 Å². The van der Waals surface area contributed by atoms with Crippen LogP contribution < -0.4 is 4.74 Å². The molecule has 3 aliphatic heterocycles. The number of fused-ring (bicyclic) bond motifs is 3. The van der Waals surface area contributed by atoms with E-state index in [1.54, 1.807) is 4.90 Å². The summed E-state index contributed by atoms with van der Waals surface area (Å²) in [5, 5.41) is 19.9. The Kier molecular flexibility index (Phi) is 4.24. The van der Waals surface area contributed by atoms with Crippen LogP contribution in [0.25, 0.3) is 0 Å². The smallest absolute Gasteiger partial charge is 0.475 e. The highest BCUT2D eigenvalue weighted by Gasteiger charge is 2.47. The zero-order valence-corrected chi connectivity index (χ0v) is 13.5. The third kappa shape index (κ3) is 2.70. The summed E-state index contributed by atoms with van der Waals surface area (Å²) in [5.41, 5.74) is 1.07. The fourth-order valence-corrected chi connectivity index (χ4v) is 4.44. The summed E-state index contributed by atoms with van der Waals surface area (Å²) >= 11 is 0. The van der Waals surface area contributed by atoms with E-state index in [9.17, 15) is 14.8 Å². The molecule has 2 fully saturated rings. The lowest BCUT2D eigenvalue weighted by Gasteiger charge is -2.36. The van der Waals surface area contributed by atoms with Gasteiger partial charge in [0.15, 0.2) is 0 Å². The van der Waals surface area contributed by atoms with E-state index in [1.165, 1.54) is 0 Å². The Bertz CT molecular complexity index is 612. The van der Waals surface area contributed by atoms with Crippen LogP contribution in [0.1, 0.15) is 37.2 Å². The first-order valence-corrected chi connectivity index (χ1v) is 8.63. The third-order valence-electron chi connectivity index (χ3n) is 5.63. The molecule has 0 spiro atoms. The topological polar surface area (TPSA) is 79.2 Å². The SMILES string of the molecule is O=CN([C@H](C[C@@H]1COc2ccccc21)B(O)O)[C@@H]1C[C@H]2CC[C@@H]1O2. The molecule has 0 radical (unpaired) electrons. The summed E-state index contributed by atoms with van der Waals surface area (Å²) in [6.07, 6.45) is 4.18. The van der Waals surface area contributed by atoms with Gasteiger partial charge in [0.2, 0.25) is 6.41 Å². The Morgan fingerprint density at radius 3 is 2.83 bits per heavy atom. The number of ether oxygens (including phenoxy) is 2. The second-order valence-corrected chi connectivity index (χ2v) is 6.99. The first kappa shape index (κ1) is 15.9. The lowest BCUT2D eigenvalue weighted by molar-refractivity contribution is -0.123. The maximum atomic E-state index is 11.8. The van der Waals surface area contributed by atoms with Crippen LogP contribution in [0.15, 0.2) is 24.3 Å². The van der Waals surface area contributed by atoms with Crippen LogP contribution >= 0.6 is 0 Å². The molecule has 3 aliphatic rings. The van der Waals surface area contributed by atoms with Crippen LogP contribution in [0.2, 0.25) is 0 Å². The summed E-state index contributed by atoms with van der Waals surface area (Å²) in [6.45, 7) is 0.502. The summed E-state index contributed by atoms with van der Waals surface area (Å²) in [5.74, 6) is 0.236. The van der Waals surface area contributed by atoms with Crippen LogP contribution in [-0.2, 0) is 9.53 Å². The highest BCUT2D eigenvalue weighted by atomic mass is 16.5. The van der Waals surface area contributed by atoms with E-state index in [0.717, 1.165) is 37.0 Å². The first-order valence-electron chi connectivity index (χ1n) is 8.63. The lowest BCUT2D eigenvalue weighted by Crippen LogP contribution is -2.54. The molecule has 0 aromatic heterocycles. The number of amides is 1. The number of hydrogen-bond donors (Lipinski definition) is 2. The zero-order chi connectivity index (χ0) is 16.7. The summed E-state index contributed by atoms with van der Waals surface area (Å²) < 4.78 is 11.5. The van der Waals surface area contributed by atoms with Gasteiger partial charge >= 0.3 is 7.12 Å². The van der Waals surface area contributed by atoms with Crippen molar-refractivity contribution < 1.29 is 24.3 Å². The minimum atomic E-state index is -1.58. The monoisotopic (exact) mass is 331 g/mol. The second-order valence-electron chi connectivity index (χ2n) is 6.99. The predicted molar refractivity (Wildman–Crippen MR) is 87.5 cm³/mol. The van der Waals surface area contributed by atoms with Gasteiger partial charge in [0.05, 0.1) is 30.8 Å². The van der Waals surface area contributed by atoms with E-state index in [0.29, 0.717) is 13.0 Å². The largest absolute Gasteiger partial charge is 0.493 e. The van der Waals surface area contributed by atoms with Gasteiger partial charge in [-0.1, -0.05) is 18.2 Å². The van der Waals surface area contributed by atoms with Gasteiger partial charge in [-0.3, -0.25) is 4.79 Å². The zero-order valence-electron chi connectivity index (χ0n) is 13.5. The molecule has 1 aromatic carbocycles. The molecule has 1 aromatic rings. The molecule has 2 bridgehead atoms. The Morgan fingerprint density at radius 1 is 1.33 bits per heavy atom. The maximum Gasteiger partial charge on any atom is 0.475 e. The molecule has 128 valence electrons. The molecule has 6 nitrogen and oxygen atoms in total. The summed E-state index contributed by atoms with van der Waals surface area (Å²) in [4.78, 5) is 13.3. The van der Waals surface area contributed by atoms with Gasteiger partial charge in [0.1, 0.15) is 5.75 Å². The standard InChI is InChI=1S/C17H22BNO5/c20-10-19(14-8-12-5-6-16(14)24-12)17(18(21)22)7-11-9-23-15-4-2-1-3-13(11)15/h1-4,10-12,14,16-17,21-22H,5-9H2/t11-,12-,14-,16+,17-/m1/s1. The van der Waals surface area contributed by atoms with Crippen molar-refractivity contribution in [2.45, 2.75) is 55.8 Å². The highest BCUT2D eigenvalue weighted by Crippen LogP contribution is 2.40. The van der Waals surface area contributed by atoms with E-state index in [-0.39, 0.29) is 24.2 Å². The van der Waals surface area contributed by atoms with E-state index in [2.05, 4.69) is 0 Å². The molecule has 7 heteroatoms. The van der Waals surface area contributed by atoms with Crippen LogP contribution in [0.3, 0.4) is 0 Å². The van der Waals surface area contributed by atoms with Crippen molar-refractivity contribution in [3.63, 3.8) is 0 Å². The Hall–Kier alpha value is -1.57. The third-order valence-corrected chi connectivity index (χ3v) is 5.63. The number of rotatable bonds is 6. The fraction of sp³-hybridized carbons (Fsp3) is 0.588. The molecule has 4 rings (SSSR count). The van der Waals surface area contributed by atoms with Gasteiger partial charge in [0.25, 0.3) is 0 Å². The average molecular weight is 331 g/mol. The van der Waals surface area contributed by atoms with Crippen LogP contribution in [0.4, 0.5) is 0 Å². The second kappa shape index (κ2) is 6.39. The molecule has 1 amide bonds. The van der Waals surface area contributed by atoms with Gasteiger partial charge < -0.3 is 24.4 Å². The number of para-hydroxylation sites is 1. The number of carbonyl (C=O) groups is 1. The Balaban J connectivity index is 1.53. The minimum absolute atomic E-state index is 0.0218. The predicted octanol–water partition coefficient (Wildman–Crippen LogP) is 0.712. The van der Waals surface area contributed by atoms with Crippen LogP contribution in [0, 0.1) is 0 Å². The molecular formula is C17H22BNO5. The molecule has 3 heterocycles. The highest BCUT2D eigenvalue weighted by molar-refractivity contribution is 6.43. The van der Waals surface area contributed by atoms with Crippen molar-refractivity contribution >= 4 is 13.5 Å². The van der Waals surface area contributed by atoms with Crippen molar-refractivity contribution in [2.75, 3.05) is 6.61 Å². The quantitative estimate of drug-likeness (QED) is 0.593. The normalized spacial score (nSPS) is 31.4. The van der Waals surface area contributed by atoms with Gasteiger partial charge in [0, 0.05) is 11.5 Å². The van der Waals surface area contributed by atoms with Crippen molar-refractivity contribution in [2.24, 2.45) is 0 Å². The van der Waals surface area contributed by atoms with Gasteiger partial charge in [-0.25, -0.2) is 0 Å². The number of nitrogens with zero attached hydrogens (tertiary/aromatic N) is 1. The molecule has 2 N–H and O–H groups in total. The molecule has 0 saturated carbocycles. The van der Waals surface area contributed by atoms with Crippen LogP contribution in [0.5, 0.6) is 5.75 Å². The Labute approximate surface area is 141 Å². The molecule has 2 saturated heterocycles. The van der Waals surface area contributed by atoms with Crippen molar-refractivity contribution in [1.29, 1.82) is 0 Å². The number of benzene rings is 1. The Morgan fingerprint density at radius 2 is 2.17 bits per heavy atom. The minimum Gasteiger partial charge on any atom is -0.493 e. The molecule has 5 atom stereocenters. The summed E-state index contributed by atoms with van der Waals surface area (Å²) in [7, 11) is -1.58. The van der Waals surface area contributed by atoms with Gasteiger partial charge in [-0.2, -0.15) is 0 Å². The average Bonchev–Trinajstić information content (AvgIpc) is 3.30. The van der Waals surface area contributed by atoms with Gasteiger partial charge in [-0.15, -0.1) is 0 Å². The molecule has 0 aliphatic carbocycles. The first-order chi connectivity index (χ1) is 11.7. The van der Waals surface area contributed by atoms with E-state index < -0.39 is 13.1 Å². The summed E-state index contributed by atoms with van der Waals surface area (Å²) in [6, 6.07) is 7.72. The van der Waals surface area contributed by atoms with Crippen molar-refractivity contribution in [3.05, 3.63) is 29.8 Å². The lowest BCUT2D eigenvalue weighted by atomic mass is 9.71. The number of hydrogen-bond acceptors (Lipinski definition) is 5. The van der Waals surface area contributed by atoms with Crippen molar-refractivity contribution in [1.82, 2.24) is 4.90 Å². The molecular weight excluding hydrogens is 309 g/mol. The van der Waals surface area contributed by atoms with Crippen LogP contribution in [-0.4, -0.2) is 59.3 Å². The van der Waals surface area contributed by atoms with Gasteiger partial charge in [-0.05, 0) is 31.7 Å². The van der Waals surface area contributed by atoms with Crippen molar-refractivity contribution in [3.8, 4) is 5.75 Å². The molecule has 24 heavy (non-hydrogen) atoms. The fourth-order valence-electron chi connectivity index (χ4n) is 4.44. The number of carbonyl (C=O) groups excluding carboxylic acids is 1.